The molecule has 0 amide bonds. The van der Waals surface area contributed by atoms with Gasteiger partial charge in [-0.1, -0.05) is 0 Å². The van der Waals surface area contributed by atoms with Crippen molar-refractivity contribution in [2.24, 2.45) is 5.92 Å². The highest BCUT2D eigenvalue weighted by Crippen LogP contribution is 2.36. The Balaban J connectivity index is 1.61. The van der Waals surface area contributed by atoms with Crippen LogP contribution in [0.25, 0.3) is 28.0 Å². The van der Waals surface area contributed by atoms with E-state index in [1.54, 1.807) is 48.6 Å². The lowest BCUT2D eigenvalue weighted by Gasteiger charge is -2.48. The highest BCUT2D eigenvalue weighted by molar-refractivity contribution is 7.90. The second-order valence-corrected chi connectivity index (χ2v) is 12.6. The number of rotatable bonds is 8. The van der Waals surface area contributed by atoms with E-state index in [2.05, 4.69) is 20.4 Å². The SMILES string of the molecule is COc1ccncc1-c1cc2c(cnn2-c2cc(N3C[C@H](CS(C)(=O)=O)[C@H]3C)cc(N[C@H](C)C(F)(F)F)n2)c(C)n1. The molecule has 4 aromatic rings. The first kappa shape index (κ1) is 28.6. The Morgan fingerprint density at radius 1 is 1.20 bits per heavy atom. The summed E-state index contributed by atoms with van der Waals surface area (Å²) in [5, 5.41) is 7.73. The van der Waals surface area contributed by atoms with E-state index in [9.17, 15) is 21.6 Å². The first-order valence-electron chi connectivity index (χ1n) is 12.9. The molecule has 0 bridgehead atoms. The van der Waals surface area contributed by atoms with Gasteiger partial charge < -0.3 is 15.0 Å². The van der Waals surface area contributed by atoms with E-state index in [4.69, 9.17) is 9.72 Å². The van der Waals surface area contributed by atoms with E-state index in [0.717, 1.165) is 12.3 Å². The van der Waals surface area contributed by atoms with Crippen molar-refractivity contribution in [3.8, 4) is 22.8 Å². The summed E-state index contributed by atoms with van der Waals surface area (Å²) >= 11 is 0. The smallest absolute Gasteiger partial charge is 0.408 e. The summed E-state index contributed by atoms with van der Waals surface area (Å²) in [6.07, 6.45) is 1.60. The van der Waals surface area contributed by atoms with Crippen molar-refractivity contribution in [3.05, 3.63) is 48.5 Å². The van der Waals surface area contributed by atoms with Gasteiger partial charge in [0.15, 0.2) is 5.82 Å². The summed E-state index contributed by atoms with van der Waals surface area (Å²) < 4.78 is 71.1. The first-order valence-corrected chi connectivity index (χ1v) is 14.9. The fourth-order valence-corrected chi connectivity index (χ4v) is 6.18. The molecule has 1 aliphatic rings. The number of aryl methyl sites for hydroxylation is 1. The molecule has 0 aliphatic carbocycles. The van der Waals surface area contributed by atoms with Crippen LogP contribution in [0.15, 0.2) is 42.9 Å². The molecule has 0 saturated carbocycles. The van der Waals surface area contributed by atoms with Crippen LogP contribution < -0.4 is 15.0 Å². The van der Waals surface area contributed by atoms with E-state index >= 15 is 0 Å². The van der Waals surface area contributed by atoms with Crippen molar-refractivity contribution >= 4 is 32.2 Å². The lowest BCUT2D eigenvalue weighted by molar-refractivity contribution is -0.138. The fraction of sp³-hybridized carbons (Fsp3) is 0.407. The monoisotopic (exact) mass is 589 g/mol. The Morgan fingerprint density at radius 3 is 2.61 bits per heavy atom. The molecule has 5 rings (SSSR count). The van der Waals surface area contributed by atoms with Crippen LogP contribution in [0.4, 0.5) is 24.7 Å². The number of aromatic nitrogens is 5. The molecule has 10 nitrogen and oxygen atoms in total. The van der Waals surface area contributed by atoms with Crippen molar-refractivity contribution in [2.75, 3.05) is 35.9 Å². The predicted octanol–water partition coefficient (Wildman–Crippen LogP) is 4.43. The maximum Gasteiger partial charge on any atom is 0.408 e. The molecule has 1 fully saturated rings. The van der Waals surface area contributed by atoms with Crippen molar-refractivity contribution in [2.45, 2.75) is 39.0 Å². The van der Waals surface area contributed by atoms with E-state index in [1.165, 1.54) is 6.26 Å². The van der Waals surface area contributed by atoms with Crippen LogP contribution >= 0.6 is 0 Å². The number of alkyl halides is 3. The second-order valence-electron chi connectivity index (χ2n) is 10.4. The topological polar surface area (TPSA) is 115 Å². The van der Waals surface area contributed by atoms with Gasteiger partial charge in [0.05, 0.1) is 35.8 Å². The highest BCUT2D eigenvalue weighted by Gasteiger charge is 2.39. The van der Waals surface area contributed by atoms with Gasteiger partial charge in [0, 0.05) is 66.1 Å². The zero-order valence-electron chi connectivity index (χ0n) is 23.1. The van der Waals surface area contributed by atoms with Crippen LogP contribution in [-0.2, 0) is 9.84 Å². The average Bonchev–Trinajstić information content (AvgIpc) is 3.34. The quantitative estimate of drug-likeness (QED) is 0.319. The maximum atomic E-state index is 13.4. The van der Waals surface area contributed by atoms with E-state index in [0.29, 0.717) is 46.3 Å². The van der Waals surface area contributed by atoms with Crippen LogP contribution in [0.5, 0.6) is 5.75 Å². The number of methoxy groups -OCH3 is 1. The zero-order valence-corrected chi connectivity index (χ0v) is 24.0. The van der Waals surface area contributed by atoms with Gasteiger partial charge in [0.1, 0.15) is 27.4 Å². The van der Waals surface area contributed by atoms with Crippen molar-refractivity contribution in [1.82, 2.24) is 24.7 Å². The van der Waals surface area contributed by atoms with Crippen LogP contribution in [0.1, 0.15) is 19.5 Å². The number of fused-ring (bicyclic) bond motifs is 1. The minimum Gasteiger partial charge on any atom is -0.496 e. The summed E-state index contributed by atoms with van der Waals surface area (Å²) in [5.74, 6) is 0.839. The third kappa shape index (κ3) is 5.78. The minimum absolute atomic E-state index is 0.0182. The largest absolute Gasteiger partial charge is 0.496 e. The molecule has 1 N–H and O–H groups in total. The molecule has 3 atom stereocenters. The average molecular weight is 590 g/mol. The molecule has 0 spiro atoms. The summed E-state index contributed by atoms with van der Waals surface area (Å²) in [5.41, 5.74) is 3.19. The van der Waals surface area contributed by atoms with Crippen LogP contribution in [0.2, 0.25) is 0 Å². The molecular weight excluding hydrogens is 559 g/mol. The Bertz CT molecular complexity index is 1710. The van der Waals surface area contributed by atoms with Gasteiger partial charge in [-0.25, -0.2) is 18.1 Å². The van der Waals surface area contributed by atoms with Gasteiger partial charge in [-0.15, -0.1) is 0 Å². The number of pyridine rings is 3. The first-order chi connectivity index (χ1) is 19.2. The van der Waals surface area contributed by atoms with Crippen molar-refractivity contribution < 1.29 is 26.3 Å². The number of halogens is 3. The minimum atomic E-state index is -4.48. The van der Waals surface area contributed by atoms with Crippen molar-refractivity contribution in [3.63, 3.8) is 0 Å². The number of hydrogen-bond donors (Lipinski definition) is 1. The third-order valence-electron chi connectivity index (χ3n) is 7.36. The van der Waals surface area contributed by atoms with Gasteiger partial charge in [-0.3, -0.25) is 9.97 Å². The van der Waals surface area contributed by atoms with Crippen LogP contribution in [0, 0.1) is 12.8 Å². The predicted molar refractivity (Wildman–Crippen MR) is 150 cm³/mol. The van der Waals surface area contributed by atoms with Gasteiger partial charge in [-0.2, -0.15) is 18.3 Å². The van der Waals surface area contributed by atoms with Crippen LogP contribution in [0.3, 0.4) is 0 Å². The standard InChI is InChI=1S/C27H30F3N7O3S/c1-15-20-12-32-37(23(20)10-22(33-15)21-11-31-7-6-24(21)40-4)26-9-19(8-25(35-26)34-17(3)27(28,29)30)36-13-18(16(36)2)14-41(5,38)39/h6-12,16-18H,13-14H2,1-5H3,(H,34,35)/t16-,17-,18-/m1/s1. The number of sulfone groups is 1. The fourth-order valence-electron chi connectivity index (χ4n) is 5.01. The number of anilines is 2. The Labute approximate surface area is 235 Å². The molecule has 0 radical (unpaired) electrons. The molecule has 0 unspecified atom stereocenters. The third-order valence-corrected chi connectivity index (χ3v) is 8.39. The van der Waals surface area contributed by atoms with E-state index < -0.39 is 22.1 Å². The number of nitrogens with zero attached hydrogens (tertiary/aromatic N) is 6. The Hall–Kier alpha value is -3.94. The van der Waals surface area contributed by atoms with E-state index in [1.807, 2.05) is 24.8 Å². The van der Waals surface area contributed by atoms with E-state index in [-0.39, 0.29) is 23.5 Å². The lowest BCUT2D eigenvalue weighted by Crippen LogP contribution is -2.57. The summed E-state index contributed by atoms with van der Waals surface area (Å²) in [4.78, 5) is 15.3. The second kappa shape index (κ2) is 10.5. The molecule has 1 saturated heterocycles. The summed E-state index contributed by atoms with van der Waals surface area (Å²) in [6, 6.07) is 4.83. The molecular formula is C27H30F3N7O3S. The Kier molecular flexibility index (Phi) is 7.30. The summed E-state index contributed by atoms with van der Waals surface area (Å²) in [6.45, 7) is 5.21. The van der Waals surface area contributed by atoms with Gasteiger partial charge in [0.25, 0.3) is 0 Å². The highest BCUT2D eigenvalue weighted by atomic mass is 32.2. The molecule has 41 heavy (non-hydrogen) atoms. The van der Waals surface area contributed by atoms with Gasteiger partial charge in [-0.05, 0) is 32.9 Å². The number of nitrogens with one attached hydrogen (secondary N) is 1. The van der Waals surface area contributed by atoms with Crippen LogP contribution in [-0.4, -0.2) is 77.1 Å². The number of ether oxygens (including phenoxy) is 1. The lowest BCUT2D eigenvalue weighted by atomic mass is 9.91. The number of hydrogen-bond acceptors (Lipinski definition) is 9. The maximum absolute atomic E-state index is 13.4. The zero-order chi connectivity index (χ0) is 29.7. The normalized spacial score (nSPS) is 18.3. The molecule has 14 heteroatoms. The molecule has 5 heterocycles. The molecule has 0 aromatic carbocycles. The van der Waals surface area contributed by atoms with Gasteiger partial charge >= 0.3 is 6.18 Å². The Morgan fingerprint density at radius 2 is 1.95 bits per heavy atom. The summed E-state index contributed by atoms with van der Waals surface area (Å²) in [7, 11) is -1.62. The van der Waals surface area contributed by atoms with Gasteiger partial charge in [0.2, 0.25) is 0 Å². The molecule has 1 aliphatic heterocycles. The van der Waals surface area contributed by atoms with Crippen molar-refractivity contribution in [1.29, 1.82) is 0 Å². The molecule has 218 valence electrons. The molecule has 4 aromatic heterocycles.